The van der Waals surface area contributed by atoms with E-state index in [-0.39, 0.29) is 22.7 Å². The highest BCUT2D eigenvalue weighted by molar-refractivity contribution is 9.10. The molecule has 120 valence electrons. The molecule has 0 spiro atoms. The lowest BCUT2D eigenvalue weighted by molar-refractivity contribution is 0.0689. The van der Waals surface area contributed by atoms with Gasteiger partial charge in [0.15, 0.2) is 5.69 Å². The smallest absolute Gasteiger partial charge is 0.356 e. The van der Waals surface area contributed by atoms with E-state index in [1.165, 1.54) is 0 Å². The van der Waals surface area contributed by atoms with Crippen LogP contribution >= 0.6 is 15.9 Å². The van der Waals surface area contributed by atoms with E-state index in [2.05, 4.69) is 31.2 Å². The zero-order chi connectivity index (χ0) is 17.0. The minimum absolute atomic E-state index is 0.0848. The van der Waals surface area contributed by atoms with E-state index in [9.17, 15) is 9.59 Å². The van der Waals surface area contributed by atoms with Crippen molar-refractivity contribution < 1.29 is 14.7 Å². The van der Waals surface area contributed by atoms with Gasteiger partial charge < -0.3 is 10.4 Å². The molecule has 0 saturated carbocycles. The predicted molar refractivity (Wildman–Crippen MR) is 88.5 cm³/mol. The van der Waals surface area contributed by atoms with Crippen LogP contribution in [0.2, 0.25) is 0 Å². The Morgan fingerprint density at radius 2 is 1.70 bits per heavy atom. The van der Waals surface area contributed by atoms with Gasteiger partial charge in [-0.2, -0.15) is 0 Å². The Bertz CT molecular complexity index is 712. The third kappa shape index (κ3) is 4.35. The number of benzene rings is 1. The molecule has 0 unspecified atom stereocenters. The lowest BCUT2D eigenvalue weighted by Crippen LogP contribution is -2.37. The standard InChI is InChI=1S/C16H16BrN3O3/c1-16(2,10-3-5-11(17)6-4-10)9-20-14(21)12-7-19-13(8-18-12)15(22)23/h3-8H,9H2,1-2H3,(H,20,21)(H,22,23). The van der Waals surface area contributed by atoms with Crippen molar-refractivity contribution in [2.24, 2.45) is 0 Å². The van der Waals surface area contributed by atoms with Crippen LogP contribution in [0.3, 0.4) is 0 Å². The average molecular weight is 378 g/mol. The first-order valence-electron chi connectivity index (χ1n) is 6.89. The van der Waals surface area contributed by atoms with Gasteiger partial charge in [-0.25, -0.2) is 14.8 Å². The molecule has 2 rings (SSSR count). The number of carboxylic acids is 1. The van der Waals surface area contributed by atoms with Crippen LogP contribution in [-0.2, 0) is 5.41 Å². The van der Waals surface area contributed by atoms with Gasteiger partial charge in [0.05, 0.1) is 12.4 Å². The van der Waals surface area contributed by atoms with Crippen molar-refractivity contribution in [1.82, 2.24) is 15.3 Å². The second-order valence-corrected chi connectivity index (χ2v) is 6.58. The highest BCUT2D eigenvalue weighted by Gasteiger charge is 2.22. The molecule has 0 saturated heterocycles. The SMILES string of the molecule is CC(C)(CNC(=O)c1cnc(C(=O)O)cn1)c1ccc(Br)cc1. The first-order valence-corrected chi connectivity index (χ1v) is 7.68. The van der Waals surface area contributed by atoms with E-state index in [0.29, 0.717) is 6.54 Å². The van der Waals surface area contributed by atoms with Crippen molar-refractivity contribution in [3.05, 3.63) is 58.1 Å². The molecular formula is C16H16BrN3O3. The Kier molecular flexibility index (Phi) is 5.10. The minimum atomic E-state index is -1.18. The van der Waals surface area contributed by atoms with E-state index in [0.717, 1.165) is 22.4 Å². The number of carbonyl (C=O) groups is 2. The average Bonchev–Trinajstić information content (AvgIpc) is 2.53. The molecule has 1 heterocycles. The van der Waals surface area contributed by atoms with Crippen molar-refractivity contribution in [3.8, 4) is 0 Å². The maximum Gasteiger partial charge on any atom is 0.356 e. The predicted octanol–water partition coefficient (Wildman–Crippen LogP) is 2.64. The summed E-state index contributed by atoms with van der Waals surface area (Å²) in [4.78, 5) is 30.3. The number of halogens is 1. The number of hydrogen-bond donors (Lipinski definition) is 2. The Hall–Kier alpha value is -2.28. The van der Waals surface area contributed by atoms with Gasteiger partial charge in [-0.3, -0.25) is 4.79 Å². The number of carboxylic acid groups (broad SMARTS) is 1. The molecule has 0 atom stereocenters. The first-order chi connectivity index (χ1) is 10.8. The molecule has 2 aromatic rings. The zero-order valence-electron chi connectivity index (χ0n) is 12.7. The number of aromatic carboxylic acids is 1. The molecule has 23 heavy (non-hydrogen) atoms. The molecule has 0 aliphatic carbocycles. The molecule has 0 aliphatic rings. The maximum absolute atomic E-state index is 12.1. The molecule has 0 aliphatic heterocycles. The Morgan fingerprint density at radius 1 is 1.13 bits per heavy atom. The van der Waals surface area contributed by atoms with Crippen LogP contribution in [0.5, 0.6) is 0 Å². The molecule has 6 nitrogen and oxygen atoms in total. The van der Waals surface area contributed by atoms with Gasteiger partial charge in [-0.15, -0.1) is 0 Å². The van der Waals surface area contributed by atoms with E-state index < -0.39 is 5.97 Å². The van der Waals surface area contributed by atoms with Gasteiger partial charge >= 0.3 is 5.97 Å². The number of hydrogen-bond acceptors (Lipinski definition) is 4. The molecule has 2 N–H and O–H groups in total. The second kappa shape index (κ2) is 6.87. The van der Waals surface area contributed by atoms with Gasteiger partial charge in [0.25, 0.3) is 5.91 Å². The topological polar surface area (TPSA) is 92.2 Å². The van der Waals surface area contributed by atoms with Gasteiger partial charge in [-0.05, 0) is 17.7 Å². The highest BCUT2D eigenvalue weighted by Crippen LogP contribution is 2.24. The van der Waals surface area contributed by atoms with Crippen molar-refractivity contribution in [2.45, 2.75) is 19.3 Å². The van der Waals surface area contributed by atoms with Crippen LogP contribution in [0.15, 0.2) is 41.1 Å². The maximum atomic E-state index is 12.1. The lowest BCUT2D eigenvalue weighted by Gasteiger charge is -2.25. The molecule has 1 aromatic heterocycles. The van der Waals surface area contributed by atoms with Gasteiger partial charge in [0.2, 0.25) is 0 Å². The monoisotopic (exact) mass is 377 g/mol. The summed E-state index contributed by atoms with van der Waals surface area (Å²) in [6.07, 6.45) is 2.22. The van der Waals surface area contributed by atoms with Crippen LogP contribution < -0.4 is 5.32 Å². The van der Waals surface area contributed by atoms with Crippen LogP contribution in [0.4, 0.5) is 0 Å². The second-order valence-electron chi connectivity index (χ2n) is 5.67. The molecule has 0 fully saturated rings. The van der Waals surface area contributed by atoms with E-state index in [1.807, 2.05) is 38.1 Å². The van der Waals surface area contributed by atoms with Crippen molar-refractivity contribution in [3.63, 3.8) is 0 Å². The fourth-order valence-corrected chi connectivity index (χ4v) is 2.22. The highest BCUT2D eigenvalue weighted by atomic mass is 79.9. The Balaban J connectivity index is 2.02. The number of aromatic nitrogens is 2. The molecule has 1 amide bonds. The molecule has 7 heteroatoms. The van der Waals surface area contributed by atoms with Crippen LogP contribution in [0.1, 0.15) is 40.4 Å². The summed E-state index contributed by atoms with van der Waals surface area (Å²) >= 11 is 3.39. The number of amides is 1. The fraction of sp³-hybridized carbons (Fsp3) is 0.250. The molecular weight excluding hydrogens is 362 g/mol. The quantitative estimate of drug-likeness (QED) is 0.835. The van der Waals surface area contributed by atoms with Crippen LogP contribution in [-0.4, -0.2) is 33.5 Å². The van der Waals surface area contributed by atoms with Crippen molar-refractivity contribution in [2.75, 3.05) is 6.54 Å². The fourth-order valence-electron chi connectivity index (χ4n) is 1.95. The number of nitrogens with zero attached hydrogens (tertiary/aromatic N) is 2. The van der Waals surface area contributed by atoms with E-state index in [4.69, 9.17) is 5.11 Å². The van der Waals surface area contributed by atoms with Gasteiger partial charge in [0.1, 0.15) is 5.69 Å². The summed E-state index contributed by atoms with van der Waals surface area (Å²) in [5.74, 6) is -1.57. The summed E-state index contributed by atoms with van der Waals surface area (Å²) in [5.41, 5.74) is 0.719. The number of carbonyl (C=O) groups excluding carboxylic acids is 1. The zero-order valence-corrected chi connectivity index (χ0v) is 14.3. The third-order valence-corrected chi connectivity index (χ3v) is 3.95. The lowest BCUT2D eigenvalue weighted by atomic mass is 9.84. The summed E-state index contributed by atoms with van der Waals surface area (Å²) < 4.78 is 0.995. The molecule has 0 radical (unpaired) electrons. The molecule has 1 aromatic carbocycles. The Morgan fingerprint density at radius 3 is 2.22 bits per heavy atom. The summed E-state index contributed by atoms with van der Waals surface area (Å²) in [6, 6.07) is 7.90. The largest absolute Gasteiger partial charge is 0.476 e. The summed E-state index contributed by atoms with van der Waals surface area (Å²) in [5, 5.41) is 11.6. The van der Waals surface area contributed by atoms with E-state index in [1.54, 1.807) is 0 Å². The van der Waals surface area contributed by atoms with E-state index >= 15 is 0 Å². The summed E-state index contributed by atoms with van der Waals surface area (Å²) in [6.45, 7) is 4.46. The van der Waals surface area contributed by atoms with Crippen LogP contribution in [0, 0.1) is 0 Å². The molecule has 0 bridgehead atoms. The Labute approximate surface area is 142 Å². The first kappa shape index (κ1) is 17.1. The number of nitrogens with one attached hydrogen (secondary N) is 1. The summed E-state index contributed by atoms with van der Waals surface area (Å²) in [7, 11) is 0. The third-order valence-electron chi connectivity index (χ3n) is 3.42. The van der Waals surface area contributed by atoms with Crippen molar-refractivity contribution in [1.29, 1.82) is 0 Å². The van der Waals surface area contributed by atoms with Crippen LogP contribution in [0.25, 0.3) is 0 Å². The van der Waals surface area contributed by atoms with Gasteiger partial charge in [0, 0.05) is 16.4 Å². The minimum Gasteiger partial charge on any atom is -0.476 e. The van der Waals surface area contributed by atoms with Gasteiger partial charge in [-0.1, -0.05) is 41.9 Å². The van der Waals surface area contributed by atoms with Crippen molar-refractivity contribution >= 4 is 27.8 Å². The normalized spacial score (nSPS) is 11.1. The number of rotatable bonds is 5.